The topological polar surface area (TPSA) is 60.0 Å². The predicted octanol–water partition coefficient (Wildman–Crippen LogP) is 3.64. The van der Waals surface area contributed by atoms with Gasteiger partial charge in [-0.25, -0.2) is 4.79 Å². The van der Waals surface area contributed by atoms with Gasteiger partial charge in [0.05, 0.1) is 13.2 Å². The van der Waals surface area contributed by atoms with Gasteiger partial charge in [0.15, 0.2) is 17.6 Å². The highest BCUT2D eigenvalue weighted by molar-refractivity contribution is 5.74. The molecule has 0 fully saturated rings. The molecule has 0 saturated carbocycles. The first-order valence-corrected chi connectivity index (χ1v) is 9.76. The number of carbonyl (C=O) groups excluding carboxylic acids is 1. The molecule has 1 atom stereocenters. The first-order valence-electron chi connectivity index (χ1n) is 9.76. The van der Waals surface area contributed by atoms with Gasteiger partial charge in [-0.3, -0.25) is 0 Å². The molecule has 0 radical (unpaired) electrons. The standard InChI is InChI=1S/C22H28N2O4/c1-3-24(15-19-16-27-20-7-4-5-8-21(20)28-19)22(25)23-13-6-14-26-18-11-9-17(2)10-12-18/h4-5,7-12,19H,3,6,13-16H2,1-2H3,(H,23,25). The summed E-state index contributed by atoms with van der Waals surface area (Å²) in [6.45, 7) is 6.65. The van der Waals surface area contributed by atoms with E-state index in [2.05, 4.69) is 5.32 Å². The van der Waals surface area contributed by atoms with Crippen LogP contribution in [-0.4, -0.2) is 49.9 Å². The molecule has 1 aliphatic rings. The summed E-state index contributed by atoms with van der Waals surface area (Å²) in [6, 6.07) is 15.4. The Morgan fingerprint density at radius 3 is 2.68 bits per heavy atom. The largest absolute Gasteiger partial charge is 0.494 e. The Hall–Kier alpha value is -2.89. The van der Waals surface area contributed by atoms with Crippen molar-refractivity contribution in [3.63, 3.8) is 0 Å². The quantitative estimate of drug-likeness (QED) is 0.706. The molecule has 28 heavy (non-hydrogen) atoms. The zero-order valence-corrected chi connectivity index (χ0v) is 16.5. The Kier molecular flexibility index (Phi) is 7.00. The van der Waals surface area contributed by atoms with E-state index in [1.807, 2.05) is 62.4 Å². The summed E-state index contributed by atoms with van der Waals surface area (Å²) < 4.78 is 17.4. The minimum atomic E-state index is -0.175. The van der Waals surface area contributed by atoms with E-state index in [0.29, 0.717) is 32.8 Å². The number of urea groups is 1. The summed E-state index contributed by atoms with van der Waals surface area (Å²) in [7, 11) is 0. The van der Waals surface area contributed by atoms with Gasteiger partial charge in [0, 0.05) is 13.1 Å². The van der Waals surface area contributed by atoms with Crippen molar-refractivity contribution in [1.29, 1.82) is 0 Å². The van der Waals surface area contributed by atoms with Crippen molar-refractivity contribution in [2.24, 2.45) is 0 Å². The molecule has 0 spiro atoms. The molecule has 1 heterocycles. The number of hydrogen-bond donors (Lipinski definition) is 1. The van der Waals surface area contributed by atoms with Crippen LogP contribution < -0.4 is 19.5 Å². The van der Waals surface area contributed by atoms with Gasteiger partial charge in [0.2, 0.25) is 0 Å². The second-order valence-electron chi connectivity index (χ2n) is 6.78. The van der Waals surface area contributed by atoms with Gasteiger partial charge < -0.3 is 24.4 Å². The molecule has 150 valence electrons. The maximum atomic E-state index is 12.4. The monoisotopic (exact) mass is 384 g/mol. The van der Waals surface area contributed by atoms with Crippen LogP contribution in [0.2, 0.25) is 0 Å². The molecule has 0 aromatic heterocycles. The zero-order valence-electron chi connectivity index (χ0n) is 16.5. The minimum Gasteiger partial charge on any atom is -0.494 e. The smallest absolute Gasteiger partial charge is 0.317 e. The second kappa shape index (κ2) is 9.88. The Morgan fingerprint density at radius 1 is 1.18 bits per heavy atom. The number of hydrogen-bond acceptors (Lipinski definition) is 4. The van der Waals surface area contributed by atoms with Gasteiger partial charge >= 0.3 is 6.03 Å². The number of ether oxygens (including phenoxy) is 3. The molecular weight excluding hydrogens is 356 g/mol. The van der Waals surface area contributed by atoms with Crippen molar-refractivity contribution in [2.45, 2.75) is 26.4 Å². The maximum absolute atomic E-state index is 12.4. The van der Waals surface area contributed by atoms with E-state index in [9.17, 15) is 4.79 Å². The average molecular weight is 384 g/mol. The van der Waals surface area contributed by atoms with E-state index in [1.165, 1.54) is 5.56 Å². The third kappa shape index (κ3) is 5.55. The number of amides is 2. The van der Waals surface area contributed by atoms with Crippen molar-refractivity contribution in [3.05, 3.63) is 54.1 Å². The number of likely N-dealkylation sites (N-methyl/N-ethyl adjacent to an activating group) is 1. The summed E-state index contributed by atoms with van der Waals surface area (Å²) in [5.74, 6) is 2.32. The van der Waals surface area contributed by atoms with E-state index in [4.69, 9.17) is 14.2 Å². The number of aryl methyl sites for hydroxylation is 1. The van der Waals surface area contributed by atoms with Crippen LogP contribution >= 0.6 is 0 Å². The van der Waals surface area contributed by atoms with Gasteiger partial charge in [-0.2, -0.15) is 0 Å². The Bertz CT molecular complexity index is 763. The normalized spacial score (nSPS) is 15.0. The Labute approximate surface area is 166 Å². The number of benzene rings is 2. The van der Waals surface area contributed by atoms with Gasteiger partial charge in [0.25, 0.3) is 0 Å². The summed E-state index contributed by atoms with van der Waals surface area (Å²) >= 11 is 0. The van der Waals surface area contributed by atoms with Crippen LogP contribution in [0.3, 0.4) is 0 Å². The number of fused-ring (bicyclic) bond motifs is 1. The lowest BCUT2D eigenvalue weighted by Crippen LogP contribution is -2.47. The summed E-state index contributed by atoms with van der Waals surface area (Å²) in [6.07, 6.45) is 0.568. The van der Waals surface area contributed by atoms with Crippen molar-refractivity contribution >= 4 is 6.03 Å². The fraction of sp³-hybridized carbons (Fsp3) is 0.409. The molecule has 1 aliphatic heterocycles. The van der Waals surface area contributed by atoms with Crippen LogP contribution in [0.5, 0.6) is 17.2 Å². The van der Waals surface area contributed by atoms with Crippen molar-refractivity contribution in [2.75, 3.05) is 32.8 Å². The fourth-order valence-electron chi connectivity index (χ4n) is 2.96. The number of carbonyl (C=O) groups is 1. The van der Waals surface area contributed by atoms with E-state index in [1.54, 1.807) is 4.90 Å². The highest BCUT2D eigenvalue weighted by Crippen LogP contribution is 2.31. The summed E-state index contributed by atoms with van der Waals surface area (Å²) in [5, 5.41) is 2.95. The molecule has 1 unspecified atom stereocenters. The predicted molar refractivity (Wildman–Crippen MR) is 108 cm³/mol. The number of para-hydroxylation sites is 2. The van der Waals surface area contributed by atoms with Crippen LogP contribution in [0, 0.1) is 6.92 Å². The van der Waals surface area contributed by atoms with Gasteiger partial charge in [0.1, 0.15) is 12.4 Å². The lowest BCUT2D eigenvalue weighted by atomic mass is 10.2. The molecular formula is C22H28N2O4. The van der Waals surface area contributed by atoms with E-state index < -0.39 is 0 Å². The molecule has 6 nitrogen and oxygen atoms in total. The zero-order chi connectivity index (χ0) is 19.8. The minimum absolute atomic E-state index is 0.0969. The highest BCUT2D eigenvalue weighted by Gasteiger charge is 2.24. The van der Waals surface area contributed by atoms with E-state index >= 15 is 0 Å². The SMILES string of the molecule is CCN(CC1COc2ccccc2O1)C(=O)NCCCOc1ccc(C)cc1. The van der Waals surface area contributed by atoms with Crippen LogP contribution in [0.15, 0.2) is 48.5 Å². The summed E-state index contributed by atoms with van der Waals surface area (Å²) in [4.78, 5) is 14.2. The van der Waals surface area contributed by atoms with Crippen molar-refractivity contribution < 1.29 is 19.0 Å². The molecule has 1 N–H and O–H groups in total. The van der Waals surface area contributed by atoms with Crippen LogP contribution in [0.25, 0.3) is 0 Å². The molecule has 6 heteroatoms. The number of nitrogens with one attached hydrogen (secondary N) is 1. The number of nitrogens with zero attached hydrogens (tertiary/aromatic N) is 1. The molecule has 0 bridgehead atoms. The fourth-order valence-corrected chi connectivity index (χ4v) is 2.96. The Balaban J connectivity index is 1.37. The maximum Gasteiger partial charge on any atom is 0.317 e. The lowest BCUT2D eigenvalue weighted by molar-refractivity contribution is 0.0675. The third-order valence-corrected chi connectivity index (χ3v) is 4.55. The molecule has 2 aromatic rings. The summed E-state index contributed by atoms with van der Waals surface area (Å²) in [5.41, 5.74) is 1.20. The van der Waals surface area contributed by atoms with Gasteiger partial charge in [-0.05, 0) is 44.5 Å². The van der Waals surface area contributed by atoms with Gasteiger partial charge in [-0.1, -0.05) is 29.8 Å². The highest BCUT2D eigenvalue weighted by atomic mass is 16.6. The van der Waals surface area contributed by atoms with Crippen LogP contribution in [0.4, 0.5) is 4.79 Å². The lowest BCUT2D eigenvalue weighted by Gasteiger charge is -2.31. The molecule has 2 amide bonds. The second-order valence-corrected chi connectivity index (χ2v) is 6.78. The molecule has 2 aromatic carbocycles. The van der Waals surface area contributed by atoms with Crippen molar-refractivity contribution in [1.82, 2.24) is 10.2 Å². The molecule has 0 saturated heterocycles. The van der Waals surface area contributed by atoms with Crippen molar-refractivity contribution in [3.8, 4) is 17.2 Å². The molecule has 3 rings (SSSR count). The average Bonchev–Trinajstić information content (AvgIpc) is 2.72. The molecule has 0 aliphatic carbocycles. The van der Waals surface area contributed by atoms with Gasteiger partial charge in [-0.15, -0.1) is 0 Å². The van der Waals surface area contributed by atoms with E-state index in [-0.39, 0.29) is 12.1 Å². The Morgan fingerprint density at radius 2 is 1.93 bits per heavy atom. The van der Waals surface area contributed by atoms with Crippen LogP contribution in [-0.2, 0) is 0 Å². The first kappa shape index (κ1) is 19.9. The van der Waals surface area contributed by atoms with E-state index in [0.717, 1.165) is 23.7 Å². The third-order valence-electron chi connectivity index (χ3n) is 4.55. The number of rotatable bonds is 8. The van der Waals surface area contributed by atoms with Crippen LogP contribution in [0.1, 0.15) is 18.9 Å². The first-order chi connectivity index (χ1) is 13.7.